The molecule has 2 heterocycles. The van der Waals surface area contributed by atoms with E-state index in [-0.39, 0.29) is 5.75 Å². The van der Waals surface area contributed by atoms with Crippen molar-refractivity contribution >= 4 is 12.2 Å². The largest absolute Gasteiger partial charge is 0.505 e. The summed E-state index contributed by atoms with van der Waals surface area (Å²) in [6.45, 7) is 1.41. The van der Waals surface area contributed by atoms with Gasteiger partial charge in [-0.3, -0.25) is 0 Å². The van der Waals surface area contributed by atoms with Crippen LogP contribution in [0.25, 0.3) is 0 Å². The van der Waals surface area contributed by atoms with Crippen LogP contribution >= 0.6 is 12.2 Å². The smallest absolute Gasteiger partial charge is 0.150 e. The number of benzene rings is 1. The van der Waals surface area contributed by atoms with Crippen LogP contribution in [0.15, 0.2) is 48.8 Å². The zero-order chi connectivity index (χ0) is 19.1. The highest BCUT2D eigenvalue weighted by Gasteiger charge is 2.03. The molecule has 0 aliphatic rings. The summed E-state index contributed by atoms with van der Waals surface area (Å²) in [4.78, 5) is 0. The molecule has 0 spiro atoms. The zero-order valence-electron chi connectivity index (χ0n) is 15.0. The van der Waals surface area contributed by atoms with Crippen molar-refractivity contribution in [1.29, 1.82) is 5.26 Å². The van der Waals surface area contributed by atoms with E-state index in [1.54, 1.807) is 22.9 Å². The van der Waals surface area contributed by atoms with Crippen molar-refractivity contribution in [2.45, 2.75) is 38.8 Å². The van der Waals surface area contributed by atoms with E-state index in [4.69, 9.17) is 17.5 Å². The maximum absolute atomic E-state index is 9.63. The van der Waals surface area contributed by atoms with Crippen molar-refractivity contribution in [3.05, 3.63) is 70.3 Å². The Hall–Kier alpha value is -2.98. The second kappa shape index (κ2) is 9.10. The molecule has 0 aliphatic heterocycles. The maximum Gasteiger partial charge on any atom is 0.150 e. The Morgan fingerprint density at radius 3 is 2.89 bits per heavy atom. The van der Waals surface area contributed by atoms with Crippen LogP contribution in [0.5, 0.6) is 5.75 Å². The Bertz CT molecular complexity index is 1000. The first-order chi connectivity index (χ1) is 13.2. The summed E-state index contributed by atoms with van der Waals surface area (Å²) in [5.74, 6) is 0.157. The molecule has 1 aromatic carbocycles. The van der Waals surface area contributed by atoms with Gasteiger partial charge in [-0.1, -0.05) is 36.0 Å². The maximum atomic E-state index is 9.63. The van der Waals surface area contributed by atoms with Crippen molar-refractivity contribution in [2.24, 2.45) is 0 Å². The van der Waals surface area contributed by atoms with E-state index in [0.29, 0.717) is 16.7 Å². The third kappa shape index (κ3) is 5.25. The summed E-state index contributed by atoms with van der Waals surface area (Å²) in [5, 5.41) is 27.0. The van der Waals surface area contributed by atoms with Gasteiger partial charge in [0.05, 0.1) is 23.9 Å². The molecular weight excluding hydrogens is 358 g/mol. The van der Waals surface area contributed by atoms with E-state index in [9.17, 15) is 5.11 Å². The average molecular weight is 379 g/mol. The number of aryl methyl sites for hydroxylation is 2. The van der Waals surface area contributed by atoms with E-state index in [1.807, 2.05) is 35.2 Å². The molecule has 2 aromatic heterocycles. The summed E-state index contributed by atoms with van der Waals surface area (Å²) < 4.78 is 4.19. The second-order valence-corrected chi connectivity index (χ2v) is 6.81. The monoisotopic (exact) mass is 379 g/mol. The molecular formula is C20H21N5OS. The van der Waals surface area contributed by atoms with Gasteiger partial charge in [-0.15, -0.1) is 5.10 Å². The summed E-state index contributed by atoms with van der Waals surface area (Å²) in [7, 11) is 0. The van der Waals surface area contributed by atoms with Crippen LogP contribution in [0.1, 0.15) is 36.1 Å². The molecule has 0 radical (unpaired) electrons. The summed E-state index contributed by atoms with van der Waals surface area (Å²) in [6.07, 6.45) is 7.80. The molecule has 0 saturated heterocycles. The lowest BCUT2D eigenvalue weighted by atomic mass is 10.1. The molecule has 7 heteroatoms. The van der Waals surface area contributed by atoms with E-state index >= 15 is 0 Å². The fraction of sp³-hybridized carbons (Fsp3) is 0.300. The lowest BCUT2D eigenvalue weighted by Gasteiger charge is -2.07. The highest BCUT2D eigenvalue weighted by Crippen LogP contribution is 2.12. The zero-order valence-corrected chi connectivity index (χ0v) is 15.8. The average Bonchev–Trinajstić information content (AvgIpc) is 3.12. The standard InChI is InChI=1S/C20H21N5OS/c21-13-16-6-4-7-17(12-16)14-25-15-18(22-23-25)8-2-1-3-10-24-11-5-9-19(26)20(24)27/h4-7,9,11-12,15,26H,1-3,8,10,14H2. The second-order valence-electron chi connectivity index (χ2n) is 6.42. The minimum absolute atomic E-state index is 0.157. The number of hydrogen-bond acceptors (Lipinski definition) is 5. The number of aromatic nitrogens is 4. The van der Waals surface area contributed by atoms with Gasteiger partial charge in [-0.25, -0.2) is 4.68 Å². The molecule has 138 valence electrons. The lowest BCUT2D eigenvalue weighted by molar-refractivity contribution is 0.459. The predicted molar refractivity (Wildman–Crippen MR) is 105 cm³/mol. The number of hydrogen-bond donors (Lipinski definition) is 1. The molecule has 3 rings (SSSR count). The summed E-state index contributed by atoms with van der Waals surface area (Å²) >= 11 is 5.19. The van der Waals surface area contributed by atoms with Gasteiger partial charge in [-0.05, 0) is 49.1 Å². The fourth-order valence-electron chi connectivity index (χ4n) is 2.92. The van der Waals surface area contributed by atoms with Gasteiger partial charge in [0.2, 0.25) is 0 Å². The van der Waals surface area contributed by atoms with Crippen LogP contribution in [-0.4, -0.2) is 24.7 Å². The molecule has 0 atom stereocenters. The van der Waals surface area contributed by atoms with Crippen LogP contribution < -0.4 is 0 Å². The van der Waals surface area contributed by atoms with E-state index in [1.165, 1.54) is 0 Å². The normalized spacial score (nSPS) is 10.6. The predicted octanol–water partition coefficient (Wildman–Crippen LogP) is 3.85. The summed E-state index contributed by atoms with van der Waals surface area (Å²) in [6, 6.07) is 13.1. The Morgan fingerprint density at radius 1 is 1.15 bits per heavy atom. The van der Waals surface area contributed by atoms with Crippen LogP contribution in [-0.2, 0) is 19.5 Å². The quantitative estimate of drug-likeness (QED) is 0.475. The third-order valence-corrected chi connectivity index (χ3v) is 4.76. The van der Waals surface area contributed by atoms with Crippen molar-refractivity contribution in [1.82, 2.24) is 19.6 Å². The van der Waals surface area contributed by atoms with Gasteiger partial charge in [-0.2, -0.15) is 5.26 Å². The van der Waals surface area contributed by atoms with Crippen molar-refractivity contribution in [2.75, 3.05) is 0 Å². The number of nitriles is 1. The van der Waals surface area contributed by atoms with Gasteiger partial charge >= 0.3 is 0 Å². The number of aromatic hydroxyl groups is 1. The Kier molecular flexibility index (Phi) is 6.34. The van der Waals surface area contributed by atoms with Crippen molar-refractivity contribution in [3.63, 3.8) is 0 Å². The van der Waals surface area contributed by atoms with Gasteiger partial charge in [0.25, 0.3) is 0 Å². The number of pyridine rings is 1. The molecule has 6 nitrogen and oxygen atoms in total. The first-order valence-electron chi connectivity index (χ1n) is 8.92. The Morgan fingerprint density at radius 2 is 2.04 bits per heavy atom. The topological polar surface area (TPSA) is 79.7 Å². The lowest BCUT2D eigenvalue weighted by Crippen LogP contribution is -2.00. The van der Waals surface area contributed by atoms with Crippen molar-refractivity contribution < 1.29 is 5.11 Å². The number of rotatable bonds is 8. The Balaban J connectivity index is 1.44. The summed E-state index contributed by atoms with van der Waals surface area (Å²) in [5.41, 5.74) is 2.66. The van der Waals surface area contributed by atoms with Gasteiger partial charge in [0.15, 0.2) is 0 Å². The molecule has 0 bridgehead atoms. The molecule has 3 aromatic rings. The van der Waals surface area contributed by atoms with E-state index in [2.05, 4.69) is 16.4 Å². The molecule has 0 unspecified atom stereocenters. The highest BCUT2D eigenvalue weighted by molar-refractivity contribution is 7.71. The van der Waals surface area contributed by atoms with Crippen LogP contribution in [0.3, 0.4) is 0 Å². The molecule has 0 aliphatic carbocycles. The Labute approximate surface area is 163 Å². The van der Waals surface area contributed by atoms with Crippen LogP contribution in [0, 0.1) is 16.0 Å². The minimum Gasteiger partial charge on any atom is -0.505 e. The number of unbranched alkanes of at least 4 members (excludes halogenated alkanes) is 2. The highest BCUT2D eigenvalue weighted by atomic mass is 32.1. The molecule has 0 saturated carbocycles. The number of nitrogens with zero attached hydrogens (tertiary/aromatic N) is 5. The van der Waals surface area contributed by atoms with Crippen molar-refractivity contribution in [3.8, 4) is 11.8 Å². The van der Waals surface area contributed by atoms with Gasteiger partial charge in [0.1, 0.15) is 10.4 Å². The van der Waals surface area contributed by atoms with Crippen LogP contribution in [0.4, 0.5) is 0 Å². The first kappa shape index (κ1) is 18.8. The minimum atomic E-state index is 0.157. The third-order valence-electron chi connectivity index (χ3n) is 4.32. The van der Waals surface area contributed by atoms with E-state index < -0.39 is 0 Å². The first-order valence-corrected chi connectivity index (χ1v) is 9.33. The molecule has 0 fully saturated rings. The van der Waals surface area contributed by atoms with Gasteiger partial charge in [0, 0.05) is 18.9 Å². The molecule has 1 N–H and O–H groups in total. The SMILES string of the molecule is N#Cc1cccc(Cn2cc(CCCCCn3cccc(O)c3=S)nn2)c1. The molecule has 0 amide bonds. The van der Waals surface area contributed by atoms with Crippen LogP contribution in [0.2, 0.25) is 0 Å². The molecule has 27 heavy (non-hydrogen) atoms. The van der Waals surface area contributed by atoms with Gasteiger partial charge < -0.3 is 9.67 Å². The van der Waals surface area contributed by atoms with E-state index in [0.717, 1.165) is 43.5 Å². The fourth-order valence-corrected chi connectivity index (χ4v) is 3.14.